The Hall–Kier alpha value is 0.1000. The molecule has 0 aromatic heterocycles. The highest BCUT2D eigenvalue weighted by Crippen LogP contribution is 2.23. The maximum atomic E-state index is 11.7. The molecule has 1 nitrogen and oxygen atoms in total. The van der Waals surface area contributed by atoms with Crippen molar-refractivity contribution in [2.45, 2.75) is 31.5 Å². The third-order valence-corrected chi connectivity index (χ3v) is 2.96. The number of hydrogen-bond acceptors (Lipinski definition) is 2. The van der Waals surface area contributed by atoms with Gasteiger partial charge in [0.15, 0.2) is 0 Å². The Kier molecular flexibility index (Phi) is 4.38. The first kappa shape index (κ1) is 11.2. The van der Waals surface area contributed by atoms with Gasteiger partial charge in [0.05, 0.1) is 12.5 Å². The Labute approximate surface area is 80.0 Å². The van der Waals surface area contributed by atoms with Crippen LogP contribution in [0.15, 0.2) is 0 Å². The summed E-state index contributed by atoms with van der Waals surface area (Å²) in [6.45, 7) is 0.768. The lowest BCUT2D eigenvalue weighted by Gasteiger charge is -2.09. The van der Waals surface area contributed by atoms with Crippen molar-refractivity contribution in [3.05, 3.63) is 0 Å². The van der Waals surface area contributed by atoms with Crippen molar-refractivity contribution in [2.24, 2.45) is 0 Å². The van der Waals surface area contributed by atoms with Gasteiger partial charge in [-0.2, -0.15) is 24.9 Å². The molecule has 1 heterocycles. The molecule has 0 saturated carbocycles. The normalized spacial score (nSPS) is 23.8. The molecule has 1 atom stereocenters. The molecule has 0 aromatic rings. The van der Waals surface area contributed by atoms with Gasteiger partial charge in [0, 0.05) is 18.1 Å². The van der Waals surface area contributed by atoms with Crippen LogP contribution in [0.1, 0.15) is 19.3 Å². The van der Waals surface area contributed by atoms with Crippen LogP contribution in [-0.2, 0) is 4.74 Å². The fourth-order valence-corrected chi connectivity index (χ4v) is 2.25. The van der Waals surface area contributed by atoms with E-state index in [0.717, 1.165) is 19.4 Å². The van der Waals surface area contributed by atoms with Crippen LogP contribution in [0.4, 0.5) is 13.2 Å². The molecule has 0 radical (unpaired) electrons. The molecule has 1 saturated heterocycles. The summed E-state index contributed by atoms with van der Waals surface area (Å²) in [6.07, 6.45) is -2.46. The van der Waals surface area contributed by atoms with Crippen molar-refractivity contribution in [3.8, 4) is 0 Å². The van der Waals surface area contributed by atoms with Crippen LogP contribution in [0.2, 0.25) is 0 Å². The van der Waals surface area contributed by atoms with E-state index in [-0.39, 0.29) is 11.9 Å². The zero-order valence-electron chi connectivity index (χ0n) is 7.27. The lowest BCUT2D eigenvalue weighted by atomic mass is 10.3. The molecule has 5 heteroatoms. The minimum absolute atomic E-state index is 0.156. The molecule has 0 spiro atoms. The Morgan fingerprint density at radius 2 is 2.15 bits per heavy atom. The Bertz CT molecular complexity index is 143. The van der Waals surface area contributed by atoms with Crippen LogP contribution in [0.5, 0.6) is 0 Å². The number of alkyl halides is 3. The van der Waals surface area contributed by atoms with Gasteiger partial charge in [0.25, 0.3) is 0 Å². The molecule has 1 rings (SSSR count). The minimum Gasteiger partial charge on any atom is -0.377 e. The van der Waals surface area contributed by atoms with Crippen LogP contribution in [0, 0.1) is 0 Å². The number of ether oxygens (including phenoxy) is 1. The van der Waals surface area contributed by atoms with Gasteiger partial charge in [-0.25, -0.2) is 0 Å². The van der Waals surface area contributed by atoms with Crippen LogP contribution >= 0.6 is 11.8 Å². The average Bonchev–Trinajstić information content (AvgIpc) is 2.48. The van der Waals surface area contributed by atoms with Crippen molar-refractivity contribution < 1.29 is 17.9 Å². The van der Waals surface area contributed by atoms with Crippen molar-refractivity contribution in [2.75, 3.05) is 18.1 Å². The van der Waals surface area contributed by atoms with Gasteiger partial charge in [0.2, 0.25) is 0 Å². The minimum atomic E-state index is -4.01. The van der Waals surface area contributed by atoms with Gasteiger partial charge in [-0.05, 0) is 12.8 Å². The summed E-state index contributed by atoms with van der Waals surface area (Å²) in [5.74, 6) is 0.861. The number of halogens is 3. The molecular formula is C8H13F3OS. The summed E-state index contributed by atoms with van der Waals surface area (Å²) >= 11 is 1.33. The molecule has 1 aliphatic heterocycles. The maximum Gasteiger partial charge on any atom is 0.389 e. The number of thioether (sulfide) groups is 1. The van der Waals surface area contributed by atoms with Crippen LogP contribution in [0.3, 0.4) is 0 Å². The van der Waals surface area contributed by atoms with Crippen molar-refractivity contribution in [1.29, 1.82) is 0 Å². The van der Waals surface area contributed by atoms with E-state index in [9.17, 15) is 13.2 Å². The van der Waals surface area contributed by atoms with Crippen LogP contribution in [0.25, 0.3) is 0 Å². The first-order valence-corrected chi connectivity index (χ1v) is 5.49. The van der Waals surface area contributed by atoms with Crippen LogP contribution in [-0.4, -0.2) is 30.4 Å². The zero-order chi connectivity index (χ0) is 9.73. The first-order valence-electron chi connectivity index (χ1n) is 4.34. The molecule has 1 unspecified atom stereocenters. The van der Waals surface area contributed by atoms with Gasteiger partial charge >= 0.3 is 6.18 Å². The Morgan fingerprint density at radius 3 is 2.69 bits per heavy atom. The standard InChI is InChI=1S/C8H13F3OS/c9-8(10,11)3-5-13-6-7-2-1-4-12-7/h7H,1-6H2. The quantitative estimate of drug-likeness (QED) is 0.665. The third-order valence-electron chi connectivity index (χ3n) is 1.86. The van der Waals surface area contributed by atoms with E-state index in [0.29, 0.717) is 5.75 Å². The highest BCUT2D eigenvalue weighted by Gasteiger charge is 2.26. The molecule has 0 aliphatic carbocycles. The SMILES string of the molecule is FC(F)(F)CCSCC1CCCO1. The molecule has 0 bridgehead atoms. The van der Waals surface area contributed by atoms with Gasteiger partial charge in [-0.15, -0.1) is 0 Å². The van der Waals surface area contributed by atoms with Crippen LogP contribution < -0.4 is 0 Å². The topological polar surface area (TPSA) is 9.23 Å². The molecule has 1 fully saturated rings. The predicted octanol–water partition coefficient (Wildman–Crippen LogP) is 2.85. The smallest absolute Gasteiger partial charge is 0.377 e. The zero-order valence-corrected chi connectivity index (χ0v) is 8.09. The summed E-state index contributed by atoms with van der Waals surface area (Å²) in [4.78, 5) is 0. The fraction of sp³-hybridized carbons (Fsp3) is 1.00. The van der Waals surface area contributed by atoms with E-state index in [1.165, 1.54) is 11.8 Å². The average molecular weight is 214 g/mol. The van der Waals surface area contributed by atoms with E-state index in [1.54, 1.807) is 0 Å². The van der Waals surface area contributed by atoms with Gasteiger partial charge in [-0.1, -0.05) is 0 Å². The largest absolute Gasteiger partial charge is 0.389 e. The molecule has 1 aliphatic rings. The number of rotatable bonds is 4. The molecule has 0 amide bonds. The van der Waals surface area contributed by atoms with Crippen molar-refractivity contribution in [1.82, 2.24) is 0 Å². The second kappa shape index (κ2) is 5.10. The van der Waals surface area contributed by atoms with Crippen molar-refractivity contribution >= 4 is 11.8 Å². The van der Waals surface area contributed by atoms with Crippen molar-refractivity contribution in [3.63, 3.8) is 0 Å². The Morgan fingerprint density at radius 1 is 1.38 bits per heavy atom. The number of hydrogen-bond donors (Lipinski definition) is 0. The first-order chi connectivity index (χ1) is 6.08. The van der Waals surface area contributed by atoms with E-state index in [1.807, 2.05) is 0 Å². The third kappa shape index (κ3) is 5.41. The molecule has 0 N–H and O–H groups in total. The van der Waals surface area contributed by atoms with E-state index < -0.39 is 12.6 Å². The van der Waals surface area contributed by atoms with E-state index in [4.69, 9.17) is 4.74 Å². The second-order valence-electron chi connectivity index (χ2n) is 3.08. The highest BCUT2D eigenvalue weighted by atomic mass is 32.2. The monoisotopic (exact) mass is 214 g/mol. The molecule has 0 aromatic carbocycles. The highest BCUT2D eigenvalue weighted by molar-refractivity contribution is 7.99. The maximum absolute atomic E-state index is 11.7. The molecule has 13 heavy (non-hydrogen) atoms. The summed E-state index contributed by atoms with van der Waals surface area (Å²) < 4.78 is 40.4. The summed E-state index contributed by atoms with van der Waals surface area (Å²) in [6, 6.07) is 0. The fourth-order valence-electron chi connectivity index (χ4n) is 1.18. The van der Waals surface area contributed by atoms with E-state index >= 15 is 0 Å². The molecule has 78 valence electrons. The molecular weight excluding hydrogens is 201 g/mol. The predicted molar refractivity (Wildman–Crippen MR) is 47.0 cm³/mol. The van der Waals surface area contributed by atoms with Gasteiger partial charge in [0.1, 0.15) is 0 Å². The van der Waals surface area contributed by atoms with Gasteiger partial charge in [-0.3, -0.25) is 0 Å². The van der Waals surface area contributed by atoms with E-state index in [2.05, 4.69) is 0 Å². The lowest BCUT2D eigenvalue weighted by molar-refractivity contribution is -0.129. The summed E-state index contributed by atoms with van der Waals surface area (Å²) in [5.41, 5.74) is 0. The Balaban J connectivity index is 1.94. The van der Waals surface area contributed by atoms with Gasteiger partial charge < -0.3 is 4.74 Å². The summed E-state index contributed by atoms with van der Waals surface area (Å²) in [7, 11) is 0. The lowest BCUT2D eigenvalue weighted by Crippen LogP contribution is -2.12. The second-order valence-corrected chi connectivity index (χ2v) is 4.22. The summed E-state index contributed by atoms with van der Waals surface area (Å²) in [5, 5.41) is 0.